The van der Waals surface area contributed by atoms with E-state index >= 15 is 0 Å². The molecule has 0 radical (unpaired) electrons. The Morgan fingerprint density at radius 3 is 2.27 bits per heavy atom. The topological polar surface area (TPSA) is 121 Å². The van der Waals surface area contributed by atoms with Crippen molar-refractivity contribution in [1.82, 2.24) is 10.2 Å². The maximum Gasteiger partial charge on any atom is 0.412 e. The van der Waals surface area contributed by atoms with Crippen molar-refractivity contribution in [2.45, 2.75) is 58.1 Å². The molecule has 44 heavy (non-hydrogen) atoms. The molecule has 3 aromatic rings. The molecule has 1 aliphatic rings. The van der Waals surface area contributed by atoms with Gasteiger partial charge in [-0.3, -0.25) is 10.1 Å². The highest BCUT2D eigenvalue weighted by Crippen LogP contribution is 2.29. The minimum absolute atomic E-state index is 0.271. The Kier molecular flexibility index (Phi) is 10.5. The Hall–Kier alpha value is -4.57. The van der Waals surface area contributed by atoms with E-state index in [1.165, 1.54) is 18.2 Å². The van der Waals surface area contributed by atoms with E-state index in [1.807, 2.05) is 32.3 Å². The van der Waals surface area contributed by atoms with Gasteiger partial charge in [-0.1, -0.05) is 18.2 Å². The standard InChI is InChI=1S/C34H43N5O5/c1-34(2,3)44-33(42)38-29-17-16-27(43-6)21-30(29)36-31(40)24-12-10-23(11-13-24)28(18-19-39(4)5)37-32(41)35-26-15-14-22-8-7-9-25(22)20-26/h10-17,20-21,28H,7-9,18-19H2,1-6H3,(H,36,40)(H,38,42)(H2,35,37,41). The number of benzene rings is 3. The summed E-state index contributed by atoms with van der Waals surface area (Å²) < 4.78 is 10.7. The van der Waals surface area contributed by atoms with Gasteiger partial charge in [0.2, 0.25) is 0 Å². The first kappa shape index (κ1) is 32.3. The van der Waals surface area contributed by atoms with Gasteiger partial charge in [0.25, 0.3) is 5.91 Å². The van der Waals surface area contributed by atoms with Crippen LogP contribution in [0.5, 0.6) is 5.75 Å². The van der Waals surface area contributed by atoms with Gasteiger partial charge >= 0.3 is 12.1 Å². The van der Waals surface area contributed by atoms with Gasteiger partial charge in [0.05, 0.1) is 24.5 Å². The van der Waals surface area contributed by atoms with Gasteiger partial charge in [-0.25, -0.2) is 9.59 Å². The van der Waals surface area contributed by atoms with Crippen LogP contribution in [0.25, 0.3) is 0 Å². The van der Waals surface area contributed by atoms with E-state index in [4.69, 9.17) is 9.47 Å². The number of hydrogen-bond donors (Lipinski definition) is 4. The number of aryl methyl sites for hydroxylation is 2. The molecular weight excluding hydrogens is 558 g/mol. The van der Waals surface area contributed by atoms with Crippen LogP contribution in [0.4, 0.5) is 26.7 Å². The number of methoxy groups -OCH3 is 1. The summed E-state index contributed by atoms with van der Waals surface area (Å²) in [5.74, 6) is 0.141. The molecule has 4 amide bonds. The molecule has 3 aromatic carbocycles. The number of rotatable bonds is 10. The minimum atomic E-state index is -0.677. The van der Waals surface area contributed by atoms with Gasteiger partial charge < -0.3 is 30.3 Å². The maximum absolute atomic E-state index is 13.3. The van der Waals surface area contributed by atoms with Gasteiger partial charge in [-0.05, 0) is 120 Å². The summed E-state index contributed by atoms with van der Waals surface area (Å²) in [6, 6.07) is 17.6. The van der Waals surface area contributed by atoms with Gasteiger partial charge in [-0.15, -0.1) is 0 Å². The van der Waals surface area contributed by atoms with Crippen LogP contribution >= 0.6 is 0 Å². The van der Waals surface area contributed by atoms with Crippen LogP contribution in [0.2, 0.25) is 0 Å². The lowest BCUT2D eigenvalue weighted by Crippen LogP contribution is -2.34. The highest BCUT2D eigenvalue weighted by molar-refractivity contribution is 6.07. The third-order valence-corrected chi connectivity index (χ3v) is 7.21. The Balaban J connectivity index is 1.46. The molecule has 0 saturated heterocycles. The van der Waals surface area contributed by atoms with Crippen LogP contribution in [0.15, 0.2) is 60.7 Å². The Morgan fingerprint density at radius 2 is 1.59 bits per heavy atom. The van der Waals surface area contributed by atoms with Gasteiger partial charge in [0.1, 0.15) is 11.4 Å². The van der Waals surface area contributed by atoms with Crippen molar-refractivity contribution >= 4 is 35.1 Å². The number of nitrogens with one attached hydrogen (secondary N) is 4. The van der Waals surface area contributed by atoms with Crippen LogP contribution in [-0.2, 0) is 17.6 Å². The SMILES string of the molecule is COc1ccc(NC(=O)OC(C)(C)C)c(NC(=O)c2ccc(C(CCN(C)C)NC(=O)Nc3ccc4c(c3)CCC4)cc2)c1. The lowest BCUT2D eigenvalue weighted by molar-refractivity contribution is 0.0635. The second-order valence-electron chi connectivity index (χ2n) is 12.2. The lowest BCUT2D eigenvalue weighted by atomic mass is 10.0. The molecule has 0 aliphatic heterocycles. The van der Waals surface area contributed by atoms with Crippen molar-refractivity contribution in [1.29, 1.82) is 0 Å². The zero-order valence-corrected chi connectivity index (χ0v) is 26.4. The van der Waals surface area contributed by atoms with Crippen molar-refractivity contribution < 1.29 is 23.9 Å². The third-order valence-electron chi connectivity index (χ3n) is 7.21. The summed E-state index contributed by atoms with van der Waals surface area (Å²) in [7, 11) is 5.49. The first-order chi connectivity index (χ1) is 20.9. The molecule has 10 nitrogen and oxygen atoms in total. The van der Waals surface area contributed by atoms with Crippen molar-refractivity contribution in [3.05, 3.63) is 82.9 Å². The normalized spacial score (nSPS) is 13.1. The highest BCUT2D eigenvalue weighted by atomic mass is 16.6. The zero-order chi connectivity index (χ0) is 31.9. The van der Waals surface area contributed by atoms with Gasteiger partial charge in [-0.2, -0.15) is 0 Å². The summed E-state index contributed by atoms with van der Waals surface area (Å²) in [4.78, 5) is 40.7. The van der Waals surface area contributed by atoms with E-state index in [2.05, 4.69) is 38.3 Å². The van der Waals surface area contributed by atoms with Crippen molar-refractivity contribution in [2.75, 3.05) is 43.7 Å². The lowest BCUT2D eigenvalue weighted by Gasteiger charge is -2.22. The van der Waals surface area contributed by atoms with Crippen molar-refractivity contribution in [2.24, 2.45) is 0 Å². The van der Waals surface area contributed by atoms with Crippen LogP contribution < -0.4 is 26.0 Å². The van der Waals surface area contributed by atoms with Crippen LogP contribution in [0.1, 0.15) is 66.7 Å². The molecule has 4 rings (SSSR count). The summed E-state index contributed by atoms with van der Waals surface area (Å²) in [5, 5.41) is 11.6. The smallest absolute Gasteiger partial charge is 0.412 e. The van der Waals surface area contributed by atoms with E-state index in [0.717, 1.165) is 37.1 Å². The predicted octanol–water partition coefficient (Wildman–Crippen LogP) is 6.60. The number of ether oxygens (including phenoxy) is 2. The Bertz CT molecular complexity index is 1480. The number of carbonyl (C=O) groups excluding carboxylic acids is 3. The number of amides is 4. The fourth-order valence-corrected chi connectivity index (χ4v) is 5.02. The summed E-state index contributed by atoms with van der Waals surface area (Å²) in [6.07, 6.45) is 3.32. The predicted molar refractivity (Wildman–Crippen MR) is 174 cm³/mol. The molecular formula is C34H43N5O5. The van der Waals surface area contributed by atoms with E-state index in [0.29, 0.717) is 29.1 Å². The average Bonchev–Trinajstić information content (AvgIpc) is 3.43. The number of hydrogen-bond acceptors (Lipinski definition) is 6. The first-order valence-corrected chi connectivity index (χ1v) is 14.8. The van der Waals surface area contributed by atoms with Gasteiger partial charge in [0, 0.05) is 17.3 Å². The Morgan fingerprint density at radius 1 is 0.864 bits per heavy atom. The molecule has 0 bridgehead atoms. The van der Waals surface area contributed by atoms with Crippen molar-refractivity contribution in [3.8, 4) is 5.75 Å². The molecule has 0 aromatic heterocycles. The summed E-state index contributed by atoms with van der Waals surface area (Å²) in [5.41, 5.74) is 4.76. The molecule has 0 fully saturated rings. The molecule has 1 aliphatic carbocycles. The van der Waals surface area contributed by atoms with E-state index in [9.17, 15) is 14.4 Å². The minimum Gasteiger partial charge on any atom is -0.497 e. The fraction of sp³-hybridized carbons (Fsp3) is 0.382. The van der Waals surface area contributed by atoms with Crippen LogP contribution in [-0.4, -0.2) is 56.3 Å². The number of fused-ring (bicyclic) bond motifs is 1. The number of carbonyl (C=O) groups is 3. The van der Waals surface area contributed by atoms with Gasteiger partial charge in [0.15, 0.2) is 0 Å². The molecule has 0 spiro atoms. The van der Waals surface area contributed by atoms with Crippen molar-refractivity contribution in [3.63, 3.8) is 0 Å². The number of urea groups is 1. The molecule has 0 heterocycles. The van der Waals surface area contributed by atoms with Crippen LogP contribution in [0.3, 0.4) is 0 Å². The molecule has 234 valence electrons. The zero-order valence-electron chi connectivity index (χ0n) is 26.4. The third kappa shape index (κ3) is 9.21. The quantitative estimate of drug-likeness (QED) is 0.208. The molecule has 0 saturated carbocycles. The average molecular weight is 602 g/mol. The highest BCUT2D eigenvalue weighted by Gasteiger charge is 2.20. The van der Waals surface area contributed by atoms with E-state index < -0.39 is 11.7 Å². The van der Waals surface area contributed by atoms with E-state index in [-0.39, 0.29) is 18.0 Å². The van der Waals surface area contributed by atoms with Crippen LogP contribution in [0, 0.1) is 0 Å². The molecule has 10 heteroatoms. The summed E-state index contributed by atoms with van der Waals surface area (Å²) >= 11 is 0. The maximum atomic E-state index is 13.3. The second kappa shape index (κ2) is 14.3. The second-order valence-corrected chi connectivity index (χ2v) is 12.2. The number of anilines is 3. The first-order valence-electron chi connectivity index (χ1n) is 14.8. The largest absolute Gasteiger partial charge is 0.497 e. The van der Waals surface area contributed by atoms with E-state index in [1.54, 1.807) is 51.1 Å². The summed E-state index contributed by atoms with van der Waals surface area (Å²) in [6.45, 7) is 6.07. The Labute approximate surface area is 259 Å². The fourth-order valence-electron chi connectivity index (χ4n) is 5.02. The monoisotopic (exact) mass is 601 g/mol. The molecule has 1 atom stereocenters. The molecule has 4 N–H and O–H groups in total. The number of nitrogens with zero attached hydrogens (tertiary/aromatic N) is 1. The molecule has 1 unspecified atom stereocenters.